The molecule has 0 bridgehead atoms. The second-order valence-corrected chi connectivity index (χ2v) is 4.47. The van der Waals surface area contributed by atoms with E-state index >= 15 is 0 Å². The van der Waals surface area contributed by atoms with Crippen LogP contribution in [0.15, 0.2) is 36.4 Å². The fourth-order valence-corrected chi connectivity index (χ4v) is 2.20. The van der Waals surface area contributed by atoms with Gasteiger partial charge in [-0.05, 0) is 30.3 Å². The summed E-state index contributed by atoms with van der Waals surface area (Å²) in [6.45, 7) is 0. The molecular weight excluding hydrogens is 260 g/mol. The summed E-state index contributed by atoms with van der Waals surface area (Å²) < 4.78 is 28.3. The topological polar surface area (TPSA) is 41.6 Å². The summed E-state index contributed by atoms with van der Waals surface area (Å²) in [6, 6.07) is 10.4. The Balaban J connectivity index is 2.27. The van der Waals surface area contributed by atoms with Crippen molar-refractivity contribution in [3.63, 3.8) is 0 Å². The molecule has 0 aliphatic heterocycles. The SMILES string of the molecule is Cn1c(-c2cc(F)cc(F)c2)nc2ccc(C#N)cc21. The highest BCUT2D eigenvalue weighted by Crippen LogP contribution is 2.25. The van der Waals surface area contributed by atoms with E-state index in [9.17, 15) is 8.78 Å². The molecule has 2 aromatic carbocycles. The number of halogens is 2. The van der Waals surface area contributed by atoms with E-state index in [1.165, 1.54) is 12.1 Å². The Morgan fingerprint density at radius 3 is 2.45 bits per heavy atom. The number of aromatic nitrogens is 2. The Labute approximate surface area is 113 Å². The van der Waals surface area contributed by atoms with Crippen LogP contribution in [-0.4, -0.2) is 9.55 Å². The average molecular weight is 269 g/mol. The van der Waals surface area contributed by atoms with Gasteiger partial charge in [0.2, 0.25) is 0 Å². The normalized spacial score (nSPS) is 10.7. The van der Waals surface area contributed by atoms with Crippen LogP contribution in [0.4, 0.5) is 8.78 Å². The molecule has 5 heteroatoms. The minimum absolute atomic E-state index is 0.361. The lowest BCUT2D eigenvalue weighted by Gasteiger charge is -2.03. The standard InChI is InChI=1S/C15H9F2N3/c1-20-14-4-9(8-18)2-3-13(14)19-15(20)10-5-11(16)7-12(17)6-10/h2-7H,1H3. The lowest BCUT2D eigenvalue weighted by Crippen LogP contribution is -1.94. The Bertz CT molecular complexity index is 839. The van der Waals surface area contributed by atoms with Crippen molar-refractivity contribution in [2.24, 2.45) is 7.05 Å². The van der Waals surface area contributed by atoms with Gasteiger partial charge in [-0.2, -0.15) is 5.26 Å². The first-order chi connectivity index (χ1) is 9.58. The second kappa shape index (κ2) is 4.42. The molecular formula is C15H9F2N3. The predicted octanol–water partition coefficient (Wildman–Crippen LogP) is 3.39. The van der Waals surface area contributed by atoms with E-state index in [1.807, 2.05) is 0 Å². The number of aryl methyl sites for hydroxylation is 1. The summed E-state index contributed by atoms with van der Waals surface area (Å²) in [5.74, 6) is -0.844. The van der Waals surface area contributed by atoms with Crippen LogP contribution >= 0.6 is 0 Å². The van der Waals surface area contributed by atoms with E-state index in [0.29, 0.717) is 22.5 Å². The van der Waals surface area contributed by atoms with Crippen molar-refractivity contribution in [2.45, 2.75) is 0 Å². The van der Waals surface area contributed by atoms with Crippen molar-refractivity contribution in [2.75, 3.05) is 0 Å². The molecule has 0 N–H and O–H groups in total. The van der Waals surface area contributed by atoms with Crippen LogP contribution in [-0.2, 0) is 7.05 Å². The summed E-state index contributed by atoms with van der Waals surface area (Å²) in [4.78, 5) is 4.36. The lowest BCUT2D eigenvalue weighted by molar-refractivity contribution is 0.584. The molecule has 3 aromatic rings. The Hall–Kier alpha value is -2.74. The van der Waals surface area contributed by atoms with E-state index in [1.54, 1.807) is 29.8 Å². The van der Waals surface area contributed by atoms with Crippen LogP contribution in [0.5, 0.6) is 0 Å². The van der Waals surface area contributed by atoms with Crippen LogP contribution in [0, 0.1) is 23.0 Å². The summed E-state index contributed by atoms with van der Waals surface area (Å²) in [7, 11) is 1.74. The quantitative estimate of drug-likeness (QED) is 0.679. The molecule has 1 heterocycles. The Kier molecular flexibility index (Phi) is 2.72. The van der Waals surface area contributed by atoms with Gasteiger partial charge in [-0.25, -0.2) is 13.8 Å². The van der Waals surface area contributed by atoms with Crippen LogP contribution in [0.25, 0.3) is 22.4 Å². The number of fused-ring (bicyclic) bond motifs is 1. The molecule has 20 heavy (non-hydrogen) atoms. The molecule has 0 aliphatic rings. The second-order valence-electron chi connectivity index (χ2n) is 4.47. The minimum atomic E-state index is -0.648. The number of benzene rings is 2. The third-order valence-electron chi connectivity index (χ3n) is 3.13. The van der Waals surface area contributed by atoms with Crippen molar-refractivity contribution in [3.05, 3.63) is 53.6 Å². The maximum absolute atomic E-state index is 13.3. The number of hydrogen-bond donors (Lipinski definition) is 0. The van der Waals surface area contributed by atoms with Crippen molar-refractivity contribution in [1.29, 1.82) is 5.26 Å². The number of rotatable bonds is 1. The van der Waals surface area contributed by atoms with Gasteiger partial charge >= 0.3 is 0 Å². The zero-order valence-electron chi connectivity index (χ0n) is 10.6. The van der Waals surface area contributed by atoms with E-state index in [-0.39, 0.29) is 0 Å². The lowest BCUT2D eigenvalue weighted by atomic mass is 10.2. The van der Waals surface area contributed by atoms with Crippen molar-refractivity contribution < 1.29 is 8.78 Å². The van der Waals surface area contributed by atoms with Crippen molar-refractivity contribution in [3.8, 4) is 17.5 Å². The number of nitrogens with zero attached hydrogens (tertiary/aromatic N) is 3. The van der Waals surface area contributed by atoms with Crippen LogP contribution in [0.2, 0.25) is 0 Å². The van der Waals surface area contributed by atoms with Crippen LogP contribution in [0.3, 0.4) is 0 Å². The molecule has 1 aromatic heterocycles. The van der Waals surface area contributed by atoms with Gasteiger partial charge in [-0.1, -0.05) is 0 Å². The average Bonchev–Trinajstić information content (AvgIpc) is 2.74. The maximum atomic E-state index is 13.3. The van der Waals surface area contributed by atoms with Gasteiger partial charge in [0.05, 0.1) is 22.7 Å². The third kappa shape index (κ3) is 1.91. The highest BCUT2D eigenvalue weighted by atomic mass is 19.1. The summed E-state index contributed by atoms with van der Waals surface area (Å²) in [6.07, 6.45) is 0. The summed E-state index contributed by atoms with van der Waals surface area (Å²) in [5.41, 5.74) is 2.28. The number of nitriles is 1. The molecule has 0 spiro atoms. The van der Waals surface area contributed by atoms with Gasteiger partial charge in [-0.15, -0.1) is 0 Å². The van der Waals surface area contributed by atoms with Crippen molar-refractivity contribution in [1.82, 2.24) is 9.55 Å². The summed E-state index contributed by atoms with van der Waals surface area (Å²) in [5, 5.41) is 8.91. The Morgan fingerprint density at radius 1 is 1.10 bits per heavy atom. The molecule has 3 nitrogen and oxygen atoms in total. The number of hydrogen-bond acceptors (Lipinski definition) is 2. The zero-order valence-corrected chi connectivity index (χ0v) is 10.6. The molecule has 0 radical (unpaired) electrons. The number of imidazole rings is 1. The van der Waals surface area contributed by atoms with E-state index in [0.717, 1.165) is 11.6 Å². The van der Waals surface area contributed by atoms with Crippen LogP contribution < -0.4 is 0 Å². The van der Waals surface area contributed by atoms with E-state index in [2.05, 4.69) is 11.1 Å². The zero-order chi connectivity index (χ0) is 14.3. The monoisotopic (exact) mass is 269 g/mol. The predicted molar refractivity (Wildman–Crippen MR) is 70.8 cm³/mol. The van der Waals surface area contributed by atoms with Gasteiger partial charge in [0.25, 0.3) is 0 Å². The molecule has 0 atom stereocenters. The highest BCUT2D eigenvalue weighted by molar-refractivity contribution is 5.81. The molecule has 0 amide bonds. The third-order valence-corrected chi connectivity index (χ3v) is 3.13. The largest absolute Gasteiger partial charge is 0.327 e. The minimum Gasteiger partial charge on any atom is -0.327 e. The van der Waals surface area contributed by atoms with Gasteiger partial charge in [0, 0.05) is 18.7 Å². The first-order valence-corrected chi connectivity index (χ1v) is 5.91. The first kappa shape index (κ1) is 12.3. The van der Waals surface area contributed by atoms with E-state index < -0.39 is 11.6 Å². The molecule has 0 saturated carbocycles. The van der Waals surface area contributed by atoms with Gasteiger partial charge in [0.1, 0.15) is 17.5 Å². The molecule has 0 unspecified atom stereocenters. The maximum Gasteiger partial charge on any atom is 0.141 e. The fraction of sp³-hybridized carbons (Fsp3) is 0.0667. The molecule has 0 aliphatic carbocycles. The van der Waals surface area contributed by atoms with Gasteiger partial charge in [-0.3, -0.25) is 0 Å². The molecule has 0 fully saturated rings. The van der Waals surface area contributed by atoms with Gasteiger partial charge in [0.15, 0.2) is 0 Å². The van der Waals surface area contributed by atoms with Gasteiger partial charge < -0.3 is 4.57 Å². The Morgan fingerprint density at radius 2 is 1.80 bits per heavy atom. The molecule has 98 valence electrons. The van der Waals surface area contributed by atoms with Crippen LogP contribution in [0.1, 0.15) is 5.56 Å². The first-order valence-electron chi connectivity index (χ1n) is 5.91. The molecule has 3 rings (SSSR count). The van der Waals surface area contributed by atoms with E-state index in [4.69, 9.17) is 5.26 Å². The smallest absolute Gasteiger partial charge is 0.141 e. The molecule has 0 saturated heterocycles. The highest BCUT2D eigenvalue weighted by Gasteiger charge is 2.12. The summed E-state index contributed by atoms with van der Waals surface area (Å²) >= 11 is 0. The van der Waals surface area contributed by atoms with Crippen molar-refractivity contribution >= 4 is 11.0 Å². The fourth-order valence-electron chi connectivity index (χ4n) is 2.20.